The van der Waals surface area contributed by atoms with E-state index in [9.17, 15) is 5.26 Å². The first-order valence-corrected chi connectivity index (χ1v) is 7.75. The van der Waals surface area contributed by atoms with Crippen LogP contribution in [0.15, 0.2) is 30.3 Å². The minimum absolute atomic E-state index is 0.574. The molecule has 3 heteroatoms. The average molecular weight is 279 g/mol. The Bertz CT molecular complexity index is 680. The molecule has 1 aromatic carbocycles. The highest BCUT2D eigenvalue weighted by Crippen LogP contribution is 2.34. The second kappa shape index (κ2) is 5.73. The number of fused-ring (bicyclic) bond motifs is 1. The molecule has 1 heterocycles. The first-order chi connectivity index (χ1) is 10.2. The van der Waals surface area contributed by atoms with E-state index in [-0.39, 0.29) is 0 Å². The van der Waals surface area contributed by atoms with Gasteiger partial charge in [0.25, 0.3) is 0 Å². The molecule has 1 fully saturated rings. The number of para-hydroxylation sites is 1. The van der Waals surface area contributed by atoms with Crippen LogP contribution in [0.4, 0.5) is 5.82 Å². The summed E-state index contributed by atoms with van der Waals surface area (Å²) in [5.74, 6) is 1.54. The lowest BCUT2D eigenvalue weighted by Crippen LogP contribution is -2.29. The highest BCUT2D eigenvalue weighted by Gasteiger charge is 2.31. The van der Waals surface area contributed by atoms with Crippen LogP contribution in [0.25, 0.3) is 10.9 Å². The highest BCUT2D eigenvalue weighted by molar-refractivity contribution is 5.83. The Morgan fingerprint density at radius 2 is 2.10 bits per heavy atom. The second-order valence-electron chi connectivity index (χ2n) is 6.27. The minimum Gasteiger partial charge on any atom is -0.353 e. The lowest BCUT2D eigenvalue weighted by atomic mass is 10.1. The van der Waals surface area contributed by atoms with Gasteiger partial charge >= 0.3 is 0 Å². The third-order valence-corrected chi connectivity index (χ3v) is 4.03. The Labute approximate surface area is 126 Å². The van der Waals surface area contributed by atoms with Crippen LogP contribution >= 0.6 is 0 Å². The minimum atomic E-state index is 0.574. The number of benzene rings is 1. The van der Waals surface area contributed by atoms with Crippen molar-refractivity contribution in [1.29, 1.82) is 5.26 Å². The summed E-state index contributed by atoms with van der Waals surface area (Å²) >= 11 is 0. The Morgan fingerprint density at radius 3 is 2.76 bits per heavy atom. The fourth-order valence-corrected chi connectivity index (χ4v) is 2.65. The van der Waals surface area contributed by atoms with E-state index in [4.69, 9.17) is 4.98 Å². The lowest BCUT2D eigenvalue weighted by Gasteiger charge is -2.25. The third kappa shape index (κ3) is 3.00. The molecule has 0 unspecified atom stereocenters. The van der Waals surface area contributed by atoms with E-state index in [1.165, 1.54) is 12.8 Å². The van der Waals surface area contributed by atoms with Gasteiger partial charge in [0, 0.05) is 18.0 Å². The van der Waals surface area contributed by atoms with Gasteiger partial charge in [-0.1, -0.05) is 32.0 Å². The van der Waals surface area contributed by atoms with Gasteiger partial charge in [-0.15, -0.1) is 0 Å². The molecule has 0 atom stereocenters. The molecule has 1 aliphatic carbocycles. The first kappa shape index (κ1) is 13.9. The number of hydrogen-bond donors (Lipinski definition) is 0. The molecule has 108 valence electrons. The standard InChI is InChI=1S/C18H21N3/c1-13(2)9-10-21(16-7-8-16)18-15(12-19)11-14-5-3-4-6-17(14)20-18/h3-6,11,13,16H,7-10H2,1-2H3. The molecule has 2 aromatic rings. The molecule has 0 spiro atoms. The van der Waals surface area contributed by atoms with Gasteiger partial charge in [0.05, 0.1) is 11.1 Å². The SMILES string of the molecule is CC(C)CCN(c1nc2ccccc2cc1C#N)C1CC1. The van der Waals surface area contributed by atoms with Gasteiger partial charge in [-0.3, -0.25) is 0 Å². The predicted octanol–water partition coefficient (Wildman–Crippen LogP) is 4.12. The van der Waals surface area contributed by atoms with Gasteiger partial charge in [0.15, 0.2) is 0 Å². The van der Waals surface area contributed by atoms with Crippen LogP contribution in [0.2, 0.25) is 0 Å². The first-order valence-electron chi connectivity index (χ1n) is 7.75. The largest absolute Gasteiger partial charge is 0.353 e. The van der Waals surface area contributed by atoms with Crippen LogP contribution in [-0.4, -0.2) is 17.6 Å². The number of nitrogens with zero attached hydrogens (tertiary/aromatic N) is 3. The molecule has 0 N–H and O–H groups in total. The molecule has 3 nitrogen and oxygen atoms in total. The van der Waals surface area contributed by atoms with Gasteiger partial charge < -0.3 is 4.90 Å². The number of pyridine rings is 1. The van der Waals surface area contributed by atoms with E-state index in [1.54, 1.807) is 0 Å². The fourth-order valence-electron chi connectivity index (χ4n) is 2.65. The van der Waals surface area contributed by atoms with Gasteiger partial charge in [0.2, 0.25) is 0 Å². The van der Waals surface area contributed by atoms with Crippen LogP contribution < -0.4 is 4.90 Å². The number of hydrogen-bond acceptors (Lipinski definition) is 3. The van der Waals surface area contributed by atoms with Crippen molar-refractivity contribution in [3.05, 3.63) is 35.9 Å². The monoisotopic (exact) mass is 279 g/mol. The van der Waals surface area contributed by atoms with Crippen molar-refractivity contribution in [3.63, 3.8) is 0 Å². The van der Waals surface area contributed by atoms with Crippen LogP contribution in [0, 0.1) is 17.2 Å². The number of rotatable bonds is 5. The van der Waals surface area contributed by atoms with Gasteiger partial charge in [0.1, 0.15) is 11.9 Å². The zero-order valence-electron chi connectivity index (χ0n) is 12.7. The molecule has 0 amide bonds. The topological polar surface area (TPSA) is 39.9 Å². The maximum atomic E-state index is 9.49. The molecule has 1 aromatic heterocycles. The summed E-state index contributed by atoms with van der Waals surface area (Å²) < 4.78 is 0. The van der Waals surface area contributed by atoms with Gasteiger partial charge in [-0.2, -0.15) is 5.26 Å². The lowest BCUT2D eigenvalue weighted by molar-refractivity contribution is 0.568. The Balaban J connectivity index is 2.01. The Hall–Kier alpha value is -2.08. The molecule has 3 rings (SSSR count). The second-order valence-corrected chi connectivity index (χ2v) is 6.27. The molecule has 1 aliphatic rings. The zero-order chi connectivity index (χ0) is 14.8. The summed E-state index contributed by atoms with van der Waals surface area (Å²) in [6, 6.07) is 12.9. The summed E-state index contributed by atoms with van der Waals surface area (Å²) in [4.78, 5) is 7.14. The van der Waals surface area contributed by atoms with E-state index < -0.39 is 0 Å². The maximum Gasteiger partial charge on any atom is 0.147 e. The molecular formula is C18H21N3. The van der Waals surface area contributed by atoms with Gasteiger partial charge in [-0.25, -0.2) is 4.98 Å². The van der Waals surface area contributed by atoms with Crippen LogP contribution in [-0.2, 0) is 0 Å². The number of nitriles is 1. The third-order valence-electron chi connectivity index (χ3n) is 4.03. The van der Waals surface area contributed by atoms with Crippen molar-refractivity contribution in [2.75, 3.05) is 11.4 Å². The summed E-state index contributed by atoms with van der Waals surface area (Å²) in [6.45, 7) is 5.47. The van der Waals surface area contributed by atoms with E-state index in [1.807, 2.05) is 30.3 Å². The van der Waals surface area contributed by atoms with Crippen LogP contribution in [0.5, 0.6) is 0 Å². The van der Waals surface area contributed by atoms with E-state index in [0.29, 0.717) is 17.5 Å². The Morgan fingerprint density at radius 1 is 1.33 bits per heavy atom. The van der Waals surface area contributed by atoms with Crippen molar-refractivity contribution in [1.82, 2.24) is 4.98 Å². The number of aromatic nitrogens is 1. The van der Waals surface area contributed by atoms with Crippen LogP contribution in [0.3, 0.4) is 0 Å². The predicted molar refractivity (Wildman–Crippen MR) is 86.3 cm³/mol. The Kier molecular flexibility index (Phi) is 3.79. The van der Waals surface area contributed by atoms with Crippen molar-refractivity contribution in [2.45, 2.75) is 39.2 Å². The average Bonchev–Trinajstić information content (AvgIpc) is 3.31. The quantitative estimate of drug-likeness (QED) is 0.826. The molecule has 0 saturated heterocycles. The summed E-state index contributed by atoms with van der Waals surface area (Å²) in [6.07, 6.45) is 3.57. The molecule has 0 aliphatic heterocycles. The molecule has 0 bridgehead atoms. The van der Waals surface area contributed by atoms with Crippen molar-refractivity contribution in [3.8, 4) is 6.07 Å². The van der Waals surface area contributed by atoms with Crippen molar-refractivity contribution >= 4 is 16.7 Å². The summed E-state index contributed by atoms with van der Waals surface area (Å²) in [7, 11) is 0. The van der Waals surface area contributed by atoms with E-state index in [0.717, 1.165) is 29.7 Å². The zero-order valence-corrected chi connectivity index (χ0v) is 12.7. The maximum absolute atomic E-state index is 9.49. The molecule has 0 radical (unpaired) electrons. The summed E-state index contributed by atoms with van der Waals surface area (Å²) in [5.41, 5.74) is 1.67. The fraction of sp³-hybridized carbons (Fsp3) is 0.444. The van der Waals surface area contributed by atoms with Crippen LogP contribution in [0.1, 0.15) is 38.7 Å². The molecular weight excluding hydrogens is 258 g/mol. The highest BCUT2D eigenvalue weighted by atomic mass is 15.2. The van der Waals surface area contributed by atoms with Crippen molar-refractivity contribution < 1.29 is 0 Å². The smallest absolute Gasteiger partial charge is 0.147 e. The normalized spacial score (nSPS) is 14.4. The number of anilines is 1. The molecule has 1 saturated carbocycles. The van der Waals surface area contributed by atoms with Gasteiger partial charge in [-0.05, 0) is 37.3 Å². The van der Waals surface area contributed by atoms with Crippen molar-refractivity contribution in [2.24, 2.45) is 5.92 Å². The summed E-state index contributed by atoms with van der Waals surface area (Å²) in [5, 5.41) is 10.5. The van der Waals surface area contributed by atoms with E-state index >= 15 is 0 Å². The van der Waals surface area contributed by atoms with E-state index in [2.05, 4.69) is 24.8 Å². The molecule has 21 heavy (non-hydrogen) atoms.